The van der Waals surface area contributed by atoms with Crippen molar-refractivity contribution in [1.29, 1.82) is 0 Å². The SMILES string of the molecule is CC(=O)On1nnnc1-c1ccc(F)cc1. The van der Waals surface area contributed by atoms with Gasteiger partial charge < -0.3 is 4.84 Å². The standard InChI is InChI=1S/C9H7FN4O2/c1-6(15)16-14-9(11-12-13-14)7-2-4-8(10)5-3-7/h2-5H,1H3. The van der Waals surface area contributed by atoms with Gasteiger partial charge in [0.25, 0.3) is 0 Å². The highest BCUT2D eigenvalue weighted by molar-refractivity contribution is 5.66. The molecule has 0 saturated heterocycles. The molecule has 0 fully saturated rings. The van der Waals surface area contributed by atoms with E-state index in [9.17, 15) is 9.18 Å². The number of benzene rings is 1. The number of carbonyl (C=O) groups excluding carboxylic acids is 1. The molecule has 0 saturated carbocycles. The van der Waals surface area contributed by atoms with E-state index in [1.165, 1.54) is 31.2 Å². The topological polar surface area (TPSA) is 69.9 Å². The monoisotopic (exact) mass is 222 g/mol. The second kappa shape index (κ2) is 4.05. The number of tetrazole rings is 1. The molecular formula is C9H7FN4O2. The van der Waals surface area contributed by atoms with Crippen LogP contribution in [0.15, 0.2) is 24.3 Å². The Kier molecular flexibility index (Phi) is 2.59. The summed E-state index contributed by atoms with van der Waals surface area (Å²) in [6, 6.07) is 5.51. The zero-order chi connectivity index (χ0) is 11.5. The van der Waals surface area contributed by atoms with Crippen molar-refractivity contribution in [3.8, 4) is 11.4 Å². The summed E-state index contributed by atoms with van der Waals surface area (Å²) in [6.07, 6.45) is 0. The summed E-state index contributed by atoms with van der Waals surface area (Å²) < 4.78 is 12.7. The first-order chi connectivity index (χ1) is 7.66. The van der Waals surface area contributed by atoms with Crippen LogP contribution in [0.25, 0.3) is 11.4 Å². The minimum atomic E-state index is -0.546. The third-order valence-electron chi connectivity index (χ3n) is 1.76. The predicted octanol–water partition coefficient (Wildman–Crippen LogP) is 0.454. The molecule has 82 valence electrons. The molecule has 1 aromatic carbocycles. The molecule has 0 spiro atoms. The lowest BCUT2D eigenvalue weighted by Crippen LogP contribution is -2.19. The number of halogens is 1. The minimum Gasteiger partial charge on any atom is -0.316 e. The molecule has 0 aliphatic rings. The summed E-state index contributed by atoms with van der Waals surface area (Å²) in [5.74, 6) is -0.680. The van der Waals surface area contributed by atoms with Gasteiger partial charge in [0, 0.05) is 12.5 Å². The Morgan fingerprint density at radius 3 is 2.69 bits per heavy atom. The average Bonchev–Trinajstić information content (AvgIpc) is 2.66. The van der Waals surface area contributed by atoms with Crippen LogP contribution >= 0.6 is 0 Å². The van der Waals surface area contributed by atoms with Crippen LogP contribution in [0.3, 0.4) is 0 Å². The van der Waals surface area contributed by atoms with Gasteiger partial charge in [-0.05, 0) is 39.5 Å². The van der Waals surface area contributed by atoms with Crippen molar-refractivity contribution in [3.05, 3.63) is 30.1 Å². The van der Waals surface area contributed by atoms with Gasteiger partial charge in [-0.25, -0.2) is 9.18 Å². The van der Waals surface area contributed by atoms with Crippen LogP contribution in [0.5, 0.6) is 0 Å². The van der Waals surface area contributed by atoms with Gasteiger partial charge >= 0.3 is 5.97 Å². The largest absolute Gasteiger partial charge is 0.332 e. The molecule has 0 aliphatic carbocycles. The van der Waals surface area contributed by atoms with Crippen LogP contribution in [0.2, 0.25) is 0 Å². The molecule has 0 atom stereocenters. The molecule has 2 aromatic rings. The molecule has 0 unspecified atom stereocenters. The van der Waals surface area contributed by atoms with E-state index in [4.69, 9.17) is 4.84 Å². The van der Waals surface area contributed by atoms with E-state index < -0.39 is 5.97 Å². The molecule has 0 radical (unpaired) electrons. The number of hydrogen-bond donors (Lipinski definition) is 0. The van der Waals surface area contributed by atoms with Gasteiger partial charge in [-0.2, -0.15) is 0 Å². The van der Waals surface area contributed by atoms with Crippen molar-refractivity contribution in [1.82, 2.24) is 20.4 Å². The summed E-state index contributed by atoms with van der Waals surface area (Å²) in [5, 5.41) is 10.5. The quantitative estimate of drug-likeness (QED) is 0.690. The maximum atomic E-state index is 12.7. The zero-order valence-electron chi connectivity index (χ0n) is 8.29. The lowest BCUT2D eigenvalue weighted by atomic mass is 10.2. The van der Waals surface area contributed by atoms with Gasteiger partial charge in [0.15, 0.2) is 0 Å². The molecule has 0 bridgehead atoms. The smallest absolute Gasteiger partial charge is 0.316 e. The first-order valence-electron chi connectivity index (χ1n) is 4.40. The molecule has 1 heterocycles. The number of hydrogen-bond acceptors (Lipinski definition) is 5. The van der Waals surface area contributed by atoms with Crippen molar-refractivity contribution < 1.29 is 14.0 Å². The number of nitrogens with zero attached hydrogens (tertiary/aromatic N) is 4. The third kappa shape index (κ3) is 2.02. The van der Waals surface area contributed by atoms with E-state index in [2.05, 4.69) is 15.5 Å². The normalized spacial score (nSPS) is 10.1. The summed E-state index contributed by atoms with van der Waals surface area (Å²) in [6.45, 7) is 1.23. The van der Waals surface area contributed by atoms with E-state index in [0.29, 0.717) is 5.56 Å². The van der Waals surface area contributed by atoms with Gasteiger partial charge in [-0.1, -0.05) is 0 Å². The van der Waals surface area contributed by atoms with Crippen LogP contribution in [0.4, 0.5) is 4.39 Å². The fourth-order valence-corrected chi connectivity index (χ4v) is 1.13. The number of rotatable bonds is 2. The van der Waals surface area contributed by atoms with Crippen molar-refractivity contribution in [2.24, 2.45) is 0 Å². The van der Waals surface area contributed by atoms with Gasteiger partial charge in [-0.3, -0.25) is 0 Å². The van der Waals surface area contributed by atoms with Gasteiger partial charge in [-0.15, -0.1) is 5.10 Å². The second-order valence-electron chi connectivity index (χ2n) is 2.97. The Balaban J connectivity index is 2.36. The Morgan fingerprint density at radius 2 is 2.06 bits per heavy atom. The lowest BCUT2D eigenvalue weighted by molar-refractivity contribution is -0.143. The lowest BCUT2D eigenvalue weighted by Gasteiger charge is -2.01. The minimum absolute atomic E-state index is 0.232. The first kappa shape index (κ1) is 10.2. The van der Waals surface area contributed by atoms with E-state index in [1.54, 1.807) is 0 Å². The van der Waals surface area contributed by atoms with Crippen LogP contribution < -0.4 is 4.84 Å². The predicted molar refractivity (Wildman–Crippen MR) is 50.5 cm³/mol. The van der Waals surface area contributed by atoms with Crippen LogP contribution in [0.1, 0.15) is 6.92 Å². The molecule has 6 nitrogen and oxygen atoms in total. The summed E-state index contributed by atoms with van der Waals surface area (Å²) in [4.78, 5) is 16.4. The van der Waals surface area contributed by atoms with Crippen LogP contribution in [-0.4, -0.2) is 26.3 Å². The highest BCUT2D eigenvalue weighted by Crippen LogP contribution is 2.14. The molecule has 2 rings (SSSR count). The Morgan fingerprint density at radius 1 is 1.38 bits per heavy atom. The average molecular weight is 222 g/mol. The van der Waals surface area contributed by atoms with E-state index in [-0.39, 0.29) is 11.6 Å². The Labute approximate surface area is 89.6 Å². The second-order valence-corrected chi connectivity index (χ2v) is 2.97. The molecule has 1 aromatic heterocycles. The van der Waals surface area contributed by atoms with Crippen molar-refractivity contribution in [2.45, 2.75) is 6.92 Å². The van der Waals surface area contributed by atoms with Crippen molar-refractivity contribution in [3.63, 3.8) is 0 Å². The van der Waals surface area contributed by atoms with Crippen LogP contribution in [-0.2, 0) is 4.79 Å². The van der Waals surface area contributed by atoms with E-state index in [1.807, 2.05) is 0 Å². The molecule has 16 heavy (non-hydrogen) atoms. The maximum absolute atomic E-state index is 12.7. The zero-order valence-corrected chi connectivity index (χ0v) is 8.29. The van der Waals surface area contributed by atoms with E-state index >= 15 is 0 Å². The van der Waals surface area contributed by atoms with E-state index in [0.717, 1.165) is 4.85 Å². The maximum Gasteiger partial charge on any atom is 0.332 e. The molecule has 0 N–H and O–H groups in total. The van der Waals surface area contributed by atoms with Crippen LogP contribution in [0, 0.1) is 5.82 Å². The number of carbonyl (C=O) groups is 1. The summed E-state index contributed by atoms with van der Waals surface area (Å²) >= 11 is 0. The van der Waals surface area contributed by atoms with Gasteiger partial charge in [0.2, 0.25) is 5.82 Å². The highest BCUT2D eigenvalue weighted by atomic mass is 19.1. The van der Waals surface area contributed by atoms with Crippen molar-refractivity contribution in [2.75, 3.05) is 0 Å². The van der Waals surface area contributed by atoms with Crippen molar-refractivity contribution >= 4 is 5.97 Å². The Hall–Kier alpha value is -2.31. The molecule has 0 aliphatic heterocycles. The first-order valence-corrected chi connectivity index (χ1v) is 4.40. The number of aromatic nitrogens is 4. The summed E-state index contributed by atoms with van der Waals surface area (Å²) in [7, 11) is 0. The molecule has 7 heteroatoms. The third-order valence-corrected chi connectivity index (χ3v) is 1.76. The molecule has 0 amide bonds. The summed E-state index contributed by atoms with van der Waals surface area (Å²) in [5.41, 5.74) is 0.549. The highest BCUT2D eigenvalue weighted by Gasteiger charge is 2.11. The Bertz CT molecular complexity index is 508. The fraction of sp³-hybridized carbons (Fsp3) is 0.111. The van der Waals surface area contributed by atoms with Gasteiger partial charge in [0.1, 0.15) is 5.82 Å². The fourth-order valence-electron chi connectivity index (χ4n) is 1.13. The van der Waals surface area contributed by atoms with Gasteiger partial charge in [0.05, 0.1) is 0 Å². The molecular weight excluding hydrogens is 215 g/mol.